The number of aryl methyl sites for hydroxylation is 2. The molecule has 1 aromatic heterocycles. The Morgan fingerprint density at radius 2 is 2.10 bits per heavy atom. The van der Waals surface area contributed by atoms with E-state index in [2.05, 4.69) is 17.2 Å². The first-order valence-corrected chi connectivity index (χ1v) is 10.1. The van der Waals surface area contributed by atoms with Gasteiger partial charge in [-0.2, -0.15) is 0 Å². The maximum atomic E-state index is 12.7. The first-order valence-electron chi connectivity index (χ1n) is 10.1. The summed E-state index contributed by atoms with van der Waals surface area (Å²) in [5.74, 6) is -0.799. The molecule has 1 aliphatic rings. The van der Waals surface area contributed by atoms with Crippen LogP contribution in [0.4, 0.5) is 0 Å². The van der Waals surface area contributed by atoms with Crippen molar-refractivity contribution < 1.29 is 14.6 Å². The Bertz CT molecular complexity index is 983. The van der Waals surface area contributed by atoms with E-state index in [4.69, 9.17) is 4.74 Å². The van der Waals surface area contributed by atoms with Gasteiger partial charge < -0.3 is 15.2 Å². The molecular formula is C22H29N3O4. The second-order valence-electron chi connectivity index (χ2n) is 7.87. The number of hydrogen-bond acceptors (Lipinski definition) is 5. The molecule has 1 atom stereocenters. The van der Waals surface area contributed by atoms with Crippen LogP contribution in [0.15, 0.2) is 23.0 Å². The highest BCUT2D eigenvalue weighted by Gasteiger charge is 2.37. The van der Waals surface area contributed by atoms with Crippen molar-refractivity contribution >= 4 is 5.91 Å². The van der Waals surface area contributed by atoms with Gasteiger partial charge in [-0.25, -0.2) is 4.98 Å². The zero-order valence-electron chi connectivity index (χ0n) is 17.5. The molecule has 29 heavy (non-hydrogen) atoms. The van der Waals surface area contributed by atoms with Crippen LogP contribution in [-0.4, -0.2) is 27.2 Å². The topological polar surface area (TPSA) is 93.5 Å². The first kappa shape index (κ1) is 21.0. The number of ether oxygens (including phenoxy) is 1. The van der Waals surface area contributed by atoms with E-state index in [1.54, 1.807) is 0 Å². The van der Waals surface area contributed by atoms with Gasteiger partial charge in [-0.3, -0.25) is 14.2 Å². The van der Waals surface area contributed by atoms with Gasteiger partial charge in [0.25, 0.3) is 11.5 Å². The van der Waals surface area contributed by atoms with Crippen molar-refractivity contribution in [1.82, 2.24) is 14.9 Å². The van der Waals surface area contributed by atoms with Crippen LogP contribution < -0.4 is 10.9 Å². The van der Waals surface area contributed by atoms with E-state index >= 15 is 0 Å². The number of benzene rings is 1. The summed E-state index contributed by atoms with van der Waals surface area (Å²) in [5, 5.41) is 13.1. The Labute approximate surface area is 170 Å². The van der Waals surface area contributed by atoms with Gasteiger partial charge in [0, 0.05) is 6.54 Å². The molecule has 3 rings (SSSR count). The molecule has 156 valence electrons. The third kappa shape index (κ3) is 4.19. The van der Waals surface area contributed by atoms with Gasteiger partial charge in [0.2, 0.25) is 5.75 Å². The Morgan fingerprint density at radius 3 is 2.79 bits per heavy atom. The molecule has 1 amide bonds. The molecule has 0 fully saturated rings. The second kappa shape index (κ2) is 8.37. The second-order valence-corrected chi connectivity index (χ2v) is 7.87. The third-order valence-electron chi connectivity index (χ3n) is 5.60. The maximum Gasteiger partial charge on any atom is 0.296 e. The highest BCUT2D eigenvalue weighted by Crippen LogP contribution is 2.33. The normalized spacial score (nSPS) is 18.3. The summed E-state index contributed by atoms with van der Waals surface area (Å²) >= 11 is 0. The minimum atomic E-state index is -0.760. The number of hydrogen-bond donors (Lipinski definition) is 2. The molecule has 1 aromatic carbocycles. The fraction of sp³-hybridized carbons (Fsp3) is 0.500. The molecule has 0 saturated heterocycles. The highest BCUT2D eigenvalue weighted by atomic mass is 16.5. The van der Waals surface area contributed by atoms with Crippen LogP contribution in [-0.2, 0) is 23.4 Å². The van der Waals surface area contributed by atoms with Crippen molar-refractivity contribution in [2.45, 2.75) is 65.6 Å². The third-order valence-corrected chi connectivity index (χ3v) is 5.60. The standard InChI is InChI=1S/C22H29N3O4/c1-5-6-9-22(4)21-24-17(18(26)20(28)25(21)10-11-29-22)19(27)23-13-16-8-7-14(2)15(3)12-16/h7-8,12,26H,5-6,9-11,13H2,1-4H3,(H,23,27). The molecule has 1 unspecified atom stereocenters. The van der Waals surface area contributed by atoms with Crippen molar-refractivity contribution in [3.63, 3.8) is 0 Å². The molecule has 2 N–H and O–H groups in total. The largest absolute Gasteiger partial charge is 0.501 e. The SMILES string of the molecule is CCCCC1(C)OCCn2c1nc(C(=O)NCc1ccc(C)c(C)c1)c(O)c2=O. The van der Waals surface area contributed by atoms with Gasteiger partial charge in [-0.15, -0.1) is 0 Å². The highest BCUT2D eigenvalue weighted by molar-refractivity contribution is 5.94. The van der Waals surface area contributed by atoms with Crippen LogP contribution in [0.3, 0.4) is 0 Å². The van der Waals surface area contributed by atoms with Gasteiger partial charge in [0.1, 0.15) is 11.4 Å². The van der Waals surface area contributed by atoms with Gasteiger partial charge in [0.05, 0.1) is 13.2 Å². The van der Waals surface area contributed by atoms with E-state index in [1.807, 2.05) is 39.0 Å². The fourth-order valence-electron chi connectivity index (χ4n) is 3.62. The van der Waals surface area contributed by atoms with Crippen LogP contribution in [0.25, 0.3) is 0 Å². The Kier molecular flexibility index (Phi) is 6.07. The summed E-state index contributed by atoms with van der Waals surface area (Å²) < 4.78 is 7.37. The lowest BCUT2D eigenvalue weighted by Gasteiger charge is -2.35. The van der Waals surface area contributed by atoms with Crippen LogP contribution in [0, 0.1) is 13.8 Å². The summed E-state index contributed by atoms with van der Waals surface area (Å²) in [7, 11) is 0. The molecule has 0 bridgehead atoms. The van der Waals surface area contributed by atoms with Gasteiger partial charge in [-0.1, -0.05) is 38.0 Å². The number of rotatable bonds is 6. The van der Waals surface area contributed by atoms with Crippen LogP contribution in [0.2, 0.25) is 0 Å². The average molecular weight is 399 g/mol. The first-order chi connectivity index (χ1) is 13.8. The van der Waals surface area contributed by atoms with Crippen molar-refractivity contribution in [2.75, 3.05) is 6.61 Å². The molecule has 0 radical (unpaired) electrons. The number of carbonyl (C=O) groups is 1. The molecule has 0 spiro atoms. The predicted octanol–water partition coefficient (Wildman–Crippen LogP) is 2.93. The van der Waals surface area contributed by atoms with Gasteiger partial charge >= 0.3 is 0 Å². The molecule has 1 aliphatic heterocycles. The van der Waals surface area contributed by atoms with Crippen LogP contribution in [0.1, 0.15) is 66.1 Å². The zero-order valence-corrected chi connectivity index (χ0v) is 17.5. The smallest absolute Gasteiger partial charge is 0.296 e. The molecule has 2 heterocycles. The van der Waals surface area contributed by atoms with Crippen molar-refractivity contribution in [1.29, 1.82) is 0 Å². The van der Waals surface area contributed by atoms with E-state index in [0.717, 1.165) is 24.0 Å². The number of amides is 1. The number of aromatic nitrogens is 2. The lowest BCUT2D eigenvalue weighted by atomic mass is 9.96. The monoisotopic (exact) mass is 399 g/mol. The molecule has 7 heteroatoms. The lowest BCUT2D eigenvalue weighted by Crippen LogP contribution is -2.43. The molecule has 2 aromatic rings. The maximum absolute atomic E-state index is 12.7. The van der Waals surface area contributed by atoms with Crippen LogP contribution >= 0.6 is 0 Å². The number of nitrogens with zero attached hydrogens (tertiary/aromatic N) is 2. The van der Waals surface area contributed by atoms with Crippen molar-refractivity contribution in [2.24, 2.45) is 0 Å². The quantitative estimate of drug-likeness (QED) is 0.779. The summed E-state index contributed by atoms with van der Waals surface area (Å²) in [6.07, 6.45) is 2.57. The van der Waals surface area contributed by atoms with Crippen molar-refractivity contribution in [3.8, 4) is 5.75 Å². The summed E-state index contributed by atoms with van der Waals surface area (Å²) in [6.45, 7) is 8.95. The van der Waals surface area contributed by atoms with E-state index in [9.17, 15) is 14.7 Å². The number of fused-ring (bicyclic) bond motifs is 1. The lowest BCUT2D eigenvalue weighted by molar-refractivity contribution is -0.0770. The number of unbranched alkanes of at least 4 members (excludes halogenated alkanes) is 1. The number of aromatic hydroxyl groups is 1. The van der Waals surface area contributed by atoms with E-state index in [0.29, 0.717) is 25.4 Å². The summed E-state index contributed by atoms with van der Waals surface area (Å²) in [5.41, 5.74) is 1.63. The Hall–Kier alpha value is -2.67. The summed E-state index contributed by atoms with van der Waals surface area (Å²) in [4.78, 5) is 29.8. The Balaban J connectivity index is 1.90. The number of carbonyl (C=O) groups excluding carboxylic acids is 1. The van der Waals surface area contributed by atoms with Crippen molar-refractivity contribution in [3.05, 3.63) is 56.8 Å². The molecular weight excluding hydrogens is 370 g/mol. The fourth-order valence-corrected chi connectivity index (χ4v) is 3.62. The average Bonchev–Trinajstić information content (AvgIpc) is 2.70. The van der Waals surface area contributed by atoms with Gasteiger partial charge in [0.15, 0.2) is 5.69 Å². The minimum Gasteiger partial charge on any atom is -0.501 e. The van der Waals surface area contributed by atoms with Gasteiger partial charge in [-0.05, 0) is 43.9 Å². The zero-order chi connectivity index (χ0) is 21.2. The van der Waals surface area contributed by atoms with E-state index in [-0.39, 0.29) is 12.2 Å². The number of nitrogens with one attached hydrogen (secondary N) is 1. The minimum absolute atomic E-state index is 0.252. The molecule has 7 nitrogen and oxygen atoms in total. The van der Waals surface area contributed by atoms with Crippen LogP contribution in [0.5, 0.6) is 5.75 Å². The summed E-state index contributed by atoms with van der Waals surface area (Å²) in [6, 6.07) is 5.93. The molecule has 0 saturated carbocycles. The Morgan fingerprint density at radius 1 is 1.34 bits per heavy atom. The van der Waals surface area contributed by atoms with E-state index in [1.165, 1.54) is 10.1 Å². The molecule has 0 aliphatic carbocycles. The predicted molar refractivity (Wildman–Crippen MR) is 110 cm³/mol. The van der Waals surface area contributed by atoms with E-state index < -0.39 is 22.8 Å².